The van der Waals surface area contributed by atoms with Crippen LogP contribution in [0.3, 0.4) is 0 Å². The molecule has 0 amide bonds. The second kappa shape index (κ2) is 7.02. The van der Waals surface area contributed by atoms with Crippen LogP contribution in [0.5, 0.6) is 0 Å². The number of aryl methyl sites for hydroxylation is 1. The molecule has 4 aromatic heterocycles. The lowest BCUT2D eigenvalue weighted by molar-refractivity contribution is 1.01. The monoisotopic (exact) mass is 509 g/mol. The first-order valence-electron chi connectivity index (χ1n) is 13.9. The molecule has 10 rings (SSSR count). The van der Waals surface area contributed by atoms with E-state index in [1.807, 2.05) is 0 Å². The topological polar surface area (TPSA) is 14.3 Å². The molecule has 4 heterocycles. The Balaban J connectivity index is 1.60. The van der Waals surface area contributed by atoms with Crippen LogP contribution >= 0.6 is 0 Å². The number of rotatable bonds is 1. The van der Waals surface area contributed by atoms with Crippen molar-refractivity contribution in [2.45, 2.75) is 0 Å². The SMILES string of the molecule is Cn1c2cccc3c4cccc5c6ccc7c(c8ccccc8n7-c7ccccc7)c6n(c6cccc1c6c32)c45. The molecule has 0 spiro atoms. The third-order valence-corrected chi connectivity index (χ3v) is 9.17. The van der Waals surface area contributed by atoms with E-state index in [4.69, 9.17) is 0 Å². The summed E-state index contributed by atoms with van der Waals surface area (Å²) in [6.45, 7) is 0. The Morgan fingerprint density at radius 1 is 0.375 bits per heavy atom. The molecule has 3 heteroatoms. The first-order chi connectivity index (χ1) is 19.8. The summed E-state index contributed by atoms with van der Waals surface area (Å²) in [6.07, 6.45) is 0. The van der Waals surface area contributed by atoms with E-state index >= 15 is 0 Å². The number of benzene rings is 6. The van der Waals surface area contributed by atoms with Gasteiger partial charge in [0.25, 0.3) is 0 Å². The van der Waals surface area contributed by atoms with Crippen molar-refractivity contribution in [3.63, 3.8) is 0 Å². The molecule has 0 aliphatic heterocycles. The average molecular weight is 510 g/mol. The summed E-state index contributed by atoms with van der Waals surface area (Å²) in [5.74, 6) is 0. The van der Waals surface area contributed by atoms with Crippen molar-refractivity contribution in [3.8, 4) is 5.69 Å². The molecule has 0 saturated heterocycles. The molecule has 0 radical (unpaired) electrons. The highest BCUT2D eigenvalue weighted by molar-refractivity contribution is 6.34. The lowest BCUT2D eigenvalue weighted by atomic mass is 10.0. The number of fused-ring (bicyclic) bond motifs is 9. The standard InChI is InChI=1S/C37H23N3/c1-38-29-17-8-13-23-24-14-7-15-25-26-20-21-32-34(27-12-5-6-16-28(27)39(32)22-10-3-2-4-11-22)37(26)40(36(24)25)31-19-9-18-30(38)35(31)33(23)29/h2-21H,1H3. The van der Waals surface area contributed by atoms with Gasteiger partial charge < -0.3 is 13.5 Å². The zero-order valence-electron chi connectivity index (χ0n) is 21.9. The molecule has 0 N–H and O–H groups in total. The molecule has 40 heavy (non-hydrogen) atoms. The summed E-state index contributed by atoms with van der Waals surface area (Å²) >= 11 is 0. The van der Waals surface area contributed by atoms with Gasteiger partial charge in [0.05, 0.1) is 33.1 Å². The number of hydrogen-bond donors (Lipinski definition) is 0. The highest BCUT2D eigenvalue weighted by atomic mass is 15.0. The van der Waals surface area contributed by atoms with Gasteiger partial charge in [0.2, 0.25) is 0 Å². The number of para-hydroxylation sites is 3. The van der Waals surface area contributed by atoms with Gasteiger partial charge in [-0.25, -0.2) is 0 Å². The molecular weight excluding hydrogens is 486 g/mol. The van der Waals surface area contributed by atoms with E-state index in [2.05, 4.69) is 142 Å². The largest absolute Gasteiger partial charge is 0.344 e. The van der Waals surface area contributed by atoms with Gasteiger partial charge >= 0.3 is 0 Å². The van der Waals surface area contributed by atoms with Gasteiger partial charge in [-0.15, -0.1) is 0 Å². The van der Waals surface area contributed by atoms with Crippen molar-refractivity contribution >= 4 is 81.7 Å². The fourth-order valence-corrected chi connectivity index (χ4v) is 7.61. The Morgan fingerprint density at radius 2 is 0.975 bits per heavy atom. The molecule has 0 aliphatic rings. The van der Waals surface area contributed by atoms with Crippen molar-refractivity contribution < 1.29 is 0 Å². The molecule has 6 aromatic carbocycles. The predicted octanol–water partition coefficient (Wildman–Crippen LogP) is 9.58. The third kappa shape index (κ3) is 2.26. The van der Waals surface area contributed by atoms with Gasteiger partial charge in [0.1, 0.15) is 0 Å². The van der Waals surface area contributed by atoms with Gasteiger partial charge in [-0.05, 0) is 47.9 Å². The molecule has 186 valence electrons. The maximum absolute atomic E-state index is 2.58. The minimum Gasteiger partial charge on any atom is -0.344 e. The van der Waals surface area contributed by atoms with Crippen LogP contribution in [-0.4, -0.2) is 13.5 Å². The van der Waals surface area contributed by atoms with Crippen LogP contribution in [-0.2, 0) is 7.05 Å². The molecule has 0 atom stereocenters. The van der Waals surface area contributed by atoms with Crippen LogP contribution in [0.15, 0.2) is 121 Å². The van der Waals surface area contributed by atoms with Gasteiger partial charge in [-0.2, -0.15) is 0 Å². The highest BCUT2D eigenvalue weighted by Gasteiger charge is 2.23. The Labute approximate surface area is 229 Å². The maximum Gasteiger partial charge on any atom is 0.0641 e. The summed E-state index contributed by atoms with van der Waals surface area (Å²) in [4.78, 5) is 0. The van der Waals surface area contributed by atoms with Crippen LogP contribution in [0.4, 0.5) is 0 Å². The van der Waals surface area contributed by atoms with Crippen LogP contribution in [0.2, 0.25) is 0 Å². The summed E-state index contributed by atoms with van der Waals surface area (Å²) in [5, 5.41) is 10.5. The van der Waals surface area contributed by atoms with E-state index in [0.29, 0.717) is 0 Å². The van der Waals surface area contributed by atoms with E-state index in [1.165, 1.54) is 87.4 Å². The number of nitrogens with zero attached hydrogens (tertiary/aromatic N) is 3. The zero-order chi connectivity index (χ0) is 26.1. The molecule has 10 aromatic rings. The second-order valence-electron chi connectivity index (χ2n) is 11.0. The van der Waals surface area contributed by atoms with E-state index in [9.17, 15) is 0 Å². The molecule has 3 nitrogen and oxygen atoms in total. The molecule has 0 bridgehead atoms. The summed E-state index contributed by atoms with van der Waals surface area (Å²) < 4.78 is 7.35. The number of hydrogen-bond acceptors (Lipinski definition) is 0. The van der Waals surface area contributed by atoms with E-state index in [-0.39, 0.29) is 0 Å². The fraction of sp³-hybridized carbons (Fsp3) is 0.0270. The lowest BCUT2D eigenvalue weighted by Gasteiger charge is -2.07. The maximum atomic E-state index is 2.58. The highest BCUT2D eigenvalue weighted by Crippen LogP contribution is 2.46. The van der Waals surface area contributed by atoms with Crippen molar-refractivity contribution in [2.75, 3.05) is 0 Å². The quantitative estimate of drug-likeness (QED) is 0.209. The van der Waals surface area contributed by atoms with Gasteiger partial charge in [-0.3, -0.25) is 0 Å². The predicted molar refractivity (Wildman–Crippen MR) is 169 cm³/mol. The summed E-state index contributed by atoms with van der Waals surface area (Å²) in [7, 11) is 2.20. The van der Waals surface area contributed by atoms with Crippen LogP contribution in [0, 0.1) is 0 Å². The van der Waals surface area contributed by atoms with Crippen LogP contribution < -0.4 is 0 Å². The molecular formula is C37H23N3. The van der Waals surface area contributed by atoms with Crippen molar-refractivity contribution in [1.29, 1.82) is 0 Å². The van der Waals surface area contributed by atoms with Gasteiger partial charge in [-0.1, -0.05) is 78.9 Å². The molecule has 0 aliphatic carbocycles. The third-order valence-electron chi connectivity index (χ3n) is 9.17. The van der Waals surface area contributed by atoms with Crippen LogP contribution in [0.25, 0.3) is 87.4 Å². The first kappa shape index (κ1) is 20.7. The van der Waals surface area contributed by atoms with Gasteiger partial charge in [0, 0.05) is 56.0 Å². The minimum absolute atomic E-state index is 1.18. The van der Waals surface area contributed by atoms with Crippen molar-refractivity contribution in [2.24, 2.45) is 7.05 Å². The minimum atomic E-state index is 1.18. The molecule has 0 saturated carbocycles. The normalized spacial score (nSPS) is 12.6. The Morgan fingerprint density at radius 3 is 1.85 bits per heavy atom. The Hall–Kier alpha value is -5.28. The number of aromatic nitrogens is 3. The Bertz CT molecular complexity index is 2650. The summed E-state index contributed by atoms with van der Waals surface area (Å²) in [5.41, 5.74) is 10.0. The fourth-order valence-electron chi connectivity index (χ4n) is 7.61. The summed E-state index contributed by atoms with van der Waals surface area (Å²) in [6, 6.07) is 44.7. The van der Waals surface area contributed by atoms with E-state index in [0.717, 1.165) is 0 Å². The average Bonchev–Trinajstić information content (AvgIpc) is 3.60. The van der Waals surface area contributed by atoms with E-state index in [1.54, 1.807) is 0 Å². The van der Waals surface area contributed by atoms with Crippen molar-refractivity contribution in [3.05, 3.63) is 121 Å². The lowest BCUT2D eigenvalue weighted by Crippen LogP contribution is -1.93. The Kier molecular flexibility index (Phi) is 3.62. The van der Waals surface area contributed by atoms with Gasteiger partial charge in [0.15, 0.2) is 0 Å². The zero-order valence-corrected chi connectivity index (χ0v) is 21.9. The molecule has 0 fully saturated rings. The van der Waals surface area contributed by atoms with E-state index < -0.39 is 0 Å². The first-order valence-corrected chi connectivity index (χ1v) is 13.9. The second-order valence-corrected chi connectivity index (χ2v) is 11.0. The smallest absolute Gasteiger partial charge is 0.0641 e. The molecule has 0 unspecified atom stereocenters. The van der Waals surface area contributed by atoms with Crippen molar-refractivity contribution in [1.82, 2.24) is 13.5 Å². The van der Waals surface area contributed by atoms with Crippen LogP contribution in [0.1, 0.15) is 0 Å².